The monoisotopic (exact) mass is 775 g/mol. The Morgan fingerprint density at radius 2 is 1.09 bits per heavy atom. The van der Waals surface area contributed by atoms with Crippen LogP contribution in [-0.2, 0) is 28.5 Å². The van der Waals surface area contributed by atoms with Gasteiger partial charge in [-0.15, -0.1) is 0 Å². The molecule has 6 unspecified atom stereocenters. The molecule has 0 radical (unpaired) electrons. The Labute approximate surface area is 332 Å². The minimum Gasteiger partial charge on any atom is -0.462 e. The lowest BCUT2D eigenvalue weighted by atomic mass is 9.99. The van der Waals surface area contributed by atoms with Gasteiger partial charge in [-0.3, -0.25) is 9.59 Å². The molecule has 0 saturated carbocycles. The van der Waals surface area contributed by atoms with Gasteiger partial charge in [0.05, 0.1) is 13.2 Å². The van der Waals surface area contributed by atoms with Crippen molar-refractivity contribution in [2.24, 2.45) is 0 Å². The minimum atomic E-state index is -1.61. The SMILES string of the molecule is CCC=CCC=CCC=CCC=CCC=CCCCC(=O)OCC(COC1OC(CO)C(O)C(O)C1O)OC(=O)CCCCCCCC=CCCCCCC. The van der Waals surface area contributed by atoms with E-state index < -0.39 is 55.4 Å². The average Bonchev–Trinajstić information content (AvgIpc) is 3.18. The Hall–Kier alpha value is -2.86. The summed E-state index contributed by atoms with van der Waals surface area (Å²) in [6.45, 7) is 3.20. The molecule has 0 amide bonds. The van der Waals surface area contributed by atoms with Crippen LogP contribution in [0.1, 0.15) is 142 Å². The van der Waals surface area contributed by atoms with Crippen LogP contribution in [0.3, 0.4) is 0 Å². The summed E-state index contributed by atoms with van der Waals surface area (Å²) in [5.74, 6) is -0.893. The van der Waals surface area contributed by atoms with E-state index in [1.54, 1.807) is 0 Å². The maximum atomic E-state index is 12.7. The fourth-order valence-electron chi connectivity index (χ4n) is 5.75. The number of aliphatic hydroxyl groups is 4. The molecular formula is C45H74O10. The number of carbonyl (C=O) groups excluding carboxylic acids is 2. The number of esters is 2. The summed E-state index contributed by atoms with van der Waals surface area (Å²) in [5, 5.41) is 40.0. The van der Waals surface area contributed by atoms with Crippen molar-refractivity contribution < 1.29 is 49.0 Å². The zero-order chi connectivity index (χ0) is 40.2. The molecule has 10 heteroatoms. The molecular weight excluding hydrogens is 700 g/mol. The maximum absolute atomic E-state index is 12.7. The Balaban J connectivity index is 2.42. The second-order valence-corrected chi connectivity index (χ2v) is 14.1. The van der Waals surface area contributed by atoms with Crippen LogP contribution in [0.2, 0.25) is 0 Å². The van der Waals surface area contributed by atoms with E-state index in [0.717, 1.165) is 77.0 Å². The van der Waals surface area contributed by atoms with Gasteiger partial charge in [-0.2, -0.15) is 0 Å². The van der Waals surface area contributed by atoms with Crippen LogP contribution in [0, 0.1) is 0 Å². The molecule has 1 rings (SSSR count). The molecule has 0 aromatic carbocycles. The summed E-state index contributed by atoms with van der Waals surface area (Å²) in [6.07, 6.45) is 36.3. The third kappa shape index (κ3) is 27.4. The molecule has 0 bridgehead atoms. The van der Waals surface area contributed by atoms with Crippen molar-refractivity contribution in [1.82, 2.24) is 0 Å². The fraction of sp³-hybridized carbons (Fsp3) is 0.689. The van der Waals surface area contributed by atoms with Crippen LogP contribution in [0.4, 0.5) is 0 Å². The van der Waals surface area contributed by atoms with Crippen LogP contribution in [-0.4, -0.2) is 89.0 Å². The Bertz CT molecular complexity index is 1120. The molecule has 0 aromatic rings. The third-order valence-electron chi connectivity index (χ3n) is 9.08. The first-order valence-electron chi connectivity index (χ1n) is 21.0. The van der Waals surface area contributed by atoms with Crippen molar-refractivity contribution >= 4 is 11.9 Å². The number of ether oxygens (including phenoxy) is 4. The fourth-order valence-corrected chi connectivity index (χ4v) is 5.75. The van der Waals surface area contributed by atoms with Gasteiger partial charge in [0.1, 0.15) is 31.0 Å². The standard InChI is InChI=1S/C45H74O10/c1-3-5-7-9-11-13-15-17-18-19-20-22-23-25-27-29-31-33-40(47)52-36-38(37-53-45-44(51)43(50)42(49)39(35-46)55-45)54-41(48)34-32-30-28-26-24-21-16-14-12-10-8-6-4-2/h5,7,11,13-14,16-18,20,22,25,27,38-39,42-46,49-51H,3-4,6,8-10,12,15,19,21,23-24,26,28-37H2,1-2H3. The lowest BCUT2D eigenvalue weighted by molar-refractivity contribution is -0.305. The van der Waals surface area contributed by atoms with Gasteiger partial charge in [0, 0.05) is 12.8 Å². The third-order valence-corrected chi connectivity index (χ3v) is 9.08. The van der Waals surface area contributed by atoms with Crippen LogP contribution in [0.25, 0.3) is 0 Å². The molecule has 6 atom stereocenters. The molecule has 0 spiro atoms. The number of carbonyl (C=O) groups is 2. The summed E-state index contributed by atoms with van der Waals surface area (Å²) < 4.78 is 22.0. The van der Waals surface area contributed by atoms with E-state index in [0.29, 0.717) is 12.8 Å². The second kappa shape index (κ2) is 35.5. The van der Waals surface area contributed by atoms with E-state index in [1.807, 2.05) is 6.08 Å². The highest BCUT2D eigenvalue weighted by Gasteiger charge is 2.44. The maximum Gasteiger partial charge on any atom is 0.306 e. The van der Waals surface area contributed by atoms with Crippen LogP contribution < -0.4 is 0 Å². The summed E-state index contributed by atoms with van der Waals surface area (Å²) in [7, 11) is 0. The predicted octanol–water partition coefficient (Wildman–Crippen LogP) is 8.44. The first kappa shape index (κ1) is 50.2. The summed E-state index contributed by atoms with van der Waals surface area (Å²) in [5.41, 5.74) is 0. The molecule has 1 fully saturated rings. The van der Waals surface area contributed by atoms with E-state index in [-0.39, 0.29) is 26.1 Å². The number of hydrogen-bond acceptors (Lipinski definition) is 10. The Kier molecular flexibility index (Phi) is 32.4. The van der Waals surface area contributed by atoms with E-state index in [4.69, 9.17) is 18.9 Å². The highest BCUT2D eigenvalue weighted by Crippen LogP contribution is 2.22. The molecule has 0 aliphatic carbocycles. The molecule has 1 heterocycles. The van der Waals surface area contributed by atoms with Crippen molar-refractivity contribution in [3.05, 3.63) is 72.9 Å². The highest BCUT2D eigenvalue weighted by atomic mass is 16.7. The summed E-state index contributed by atoms with van der Waals surface area (Å²) >= 11 is 0. The lowest BCUT2D eigenvalue weighted by Crippen LogP contribution is -2.59. The number of allylic oxidation sites excluding steroid dienone is 12. The van der Waals surface area contributed by atoms with E-state index in [2.05, 4.69) is 80.7 Å². The van der Waals surface area contributed by atoms with Gasteiger partial charge in [0.2, 0.25) is 0 Å². The van der Waals surface area contributed by atoms with Crippen LogP contribution in [0.15, 0.2) is 72.9 Å². The van der Waals surface area contributed by atoms with Gasteiger partial charge in [0.15, 0.2) is 12.4 Å². The number of aliphatic hydroxyl groups excluding tert-OH is 4. The molecule has 55 heavy (non-hydrogen) atoms. The molecule has 1 saturated heterocycles. The molecule has 1 aliphatic rings. The van der Waals surface area contributed by atoms with E-state index in [9.17, 15) is 30.0 Å². The summed E-state index contributed by atoms with van der Waals surface area (Å²) in [4.78, 5) is 25.2. The lowest BCUT2D eigenvalue weighted by Gasteiger charge is -2.39. The van der Waals surface area contributed by atoms with Gasteiger partial charge >= 0.3 is 11.9 Å². The topological polar surface area (TPSA) is 152 Å². The zero-order valence-corrected chi connectivity index (χ0v) is 33.9. The Morgan fingerprint density at radius 3 is 1.69 bits per heavy atom. The first-order chi connectivity index (χ1) is 26.8. The smallest absolute Gasteiger partial charge is 0.306 e. The normalized spacial score (nSPS) is 21.3. The molecule has 0 aromatic heterocycles. The van der Waals surface area contributed by atoms with Crippen molar-refractivity contribution in [3.63, 3.8) is 0 Å². The van der Waals surface area contributed by atoms with Crippen LogP contribution in [0.5, 0.6) is 0 Å². The predicted molar refractivity (Wildman–Crippen MR) is 219 cm³/mol. The number of rotatable bonds is 33. The van der Waals surface area contributed by atoms with E-state index >= 15 is 0 Å². The first-order valence-corrected chi connectivity index (χ1v) is 21.0. The number of unbranched alkanes of at least 4 members (excludes halogenated alkanes) is 10. The summed E-state index contributed by atoms with van der Waals surface area (Å²) in [6, 6.07) is 0. The Morgan fingerprint density at radius 1 is 0.582 bits per heavy atom. The molecule has 4 N–H and O–H groups in total. The zero-order valence-electron chi connectivity index (χ0n) is 33.9. The minimum absolute atomic E-state index is 0.192. The molecule has 10 nitrogen and oxygen atoms in total. The van der Waals surface area contributed by atoms with Crippen molar-refractivity contribution in [1.29, 1.82) is 0 Å². The van der Waals surface area contributed by atoms with Gasteiger partial charge in [0.25, 0.3) is 0 Å². The van der Waals surface area contributed by atoms with Gasteiger partial charge in [-0.1, -0.05) is 125 Å². The van der Waals surface area contributed by atoms with Crippen LogP contribution >= 0.6 is 0 Å². The molecule has 1 aliphatic heterocycles. The van der Waals surface area contributed by atoms with Crippen molar-refractivity contribution in [2.75, 3.05) is 19.8 Å². The molecule has 314 valence electrons. The second-order valence-electron chi connectivity index (χ2n) is 14.1. The highest BCUT2D eigenvalue weighted by molar-refractivity contribution is 5.70. The van der Waals surface area contributed by atoms with Gasteiger partial charge in [-0.05, 0) is 77.0 Å². The average molecular weight is 775 g/mol. The van der Waals surface area contributed by atoms with Gasteiger partial charge < -0.3 is 39.4 Å². The number of hydrogen-bond donors (Lipinski definition) is 4. The van der Waals surface area contributed by atoms with Crippen molar-refractivity contribution in [3.8, 4) is 0 Å². The van der Waals surface area contributed by atoms with E-state index in [1.165, 1.54) is 25.7 Å². The quantitative estimate of drug-likeness (QED) is 0.0291. The van der Waals surface area contributed by atoms with Crippen molar-refractivity contribution in [2.45, 2.75) is 179 Å². The van der Waals surface area contributed by atoms with Gasteiger partial charge in [-0.25, -0.2) is 0 Å². The largest absolute Gasteiger partial charge is 0.462 e.